The fraction of sp³-hybridized carbons (Fsp3) is 0.611. The van der Waals surface area contributed by atoms with Crippen molar-refractivity contribution in [1.82, 2.24) is 9.80 Å². The molecule has 0 aliphatic carbocycles. The smallest absolute Gasteiger partial charge is 0.410 e. The van der Waals surface area contributed by atoms with Crippen LogP contribution in [0.4, 0.5) is 4.79 Å². The van der Waals surface area contributed by atoms with Gasteiger partial charge in [0.05, 0.1) is 0 Å². The van der Waals surface area contributed by atoms with Crippen LogP contribution in [-0.2, 0) is 11.3 Å². The second-order valence-electron chi connectivity index (χ2n) is 7.10. The van der Waals surface area contributed by atoms with Crippen molar-refractivity contribution in [2.75, 3.05) is 19.6 Å². The SMILES string of the molecule is CC1CN(Cc2ccccc2)CCCN1C(=O)OC(C)(C)C. The molecule has 2 rings (SSSR count). The van der Waals surface area contributed by atoms with E-state index < -0.39 is 5.60 Å². The van der Waals surface area contributed by atoms with Gasteiger partial charge in [-0.1, -0.05) is 30.3 Å². The van der Waals surface area contributed by atoms with E-state index in [0.29, 0.717) is 0 Å². The zero-order chi connectivity index (χ0) is 16.2. The number of hydrogen-bond acceptors (Lipinski definition) is 3. The van der Waals surface area contributed by atoms with Gasteiger partial charge in [-0.3, -0.25) is 4.90 Å². The molecule has 0 radical (unpaired) electrons. The summed E-state index contributed by atoms with van der Waals surface area (Å²) in [6.07, 6.45) is 0.790. The zero-order valence-corrected chi connectivity index (χ0v) is 14.2. The summed E-state index contributed by atoms with van der Waals surface area (Å²) in [5, 5.41) is 0. The summed E-state index contributed by atoms with van der Waals surface area (Å²) in [5.74, 6) is 0. The standard InChI is InChI=1S/C18H28N2O2/c1-15-13-19(14-16-9-6-5-7-10-16)11-8-12-20(15)17(21)22-18(2,3)4/h5-7,9-10,15H,8,11-14H2,1-4H3. The van der Waals surface area contributed by atoms with E-state index in [4.69, 9.17) is 4.74 Å². The van der Waals surface area contributed by atoms with Crippen LogP contribution in [0.25, 0.3) is 0 Å². The summed E-state index contributed by atoms with van der Waals surface area (Å²) in [5.41, 5.74) is 0.882. The Balaban J connectivity index is 1.95. The third-order valence-electron chi connectivity index (χ3n) is 3.80. The first-order valence-electron chi connectivity index (χ1n) is 8.11. The quantitative estimate of drug-likeness (QED) is 0.838. The van der Waals surface area contributed by atoms with Crippen molar-refractivity contribution in [1.29, 1.82) is 0 Å². The molecule has 1 atom stereocenters. The zero-order valence-electron chi connectivity index (χ0n) is 14.2. The molecule has 1 unspecified atom stereocenters. The van der Waals surface area contributed by atoms with Gasteiger partial charge in [0.25, 0.3) is 0 Å². The summed E-state index contributed by atoms with van der Waals surface area (Å²) >= 11 is 0. The predicted molar refractivity (Wildman–Crippen MR) is 88.7 cm³/mol. The first kappa shape index (κ1) is 16.8. The average molecular weight is 304 g/mol. The van der Waals surface area contributed by atoms with Gasteiger partial charge in [0, 0.05) is 32.2 Å². The first-order chi connectivity index (χ1) is 10.3. The number of carbonyl (C=O) groups excluding carboxylic acids is 1. The molecule has 1 heterocycles. The van der Waals surface area contributed by atoms with E-state index in [2.05, 4.69) is 36.1 Å². The highest BCUT2D eigenvalue weighted by Gasteiger charge is 2.29. The van der Waals surface area contributed by atoms with Crippen LogP contribution in [0.1, 0.15) is 39.7 Å². The fourth-order valence-electron chi connectivity index (χ4n) is 2.83. The van der Waals surface area contributed by atoms with Crippen LogP contribution in [-0.4, -0.2) is 47.2 Å². The van der Waals surface area contributed by atoms with Crippen LogP contribution in [0.15, 0.2) is 30.3 Å². The van der Waals surface area contributed by atoms with Crippen molar-refractivity contribution in [3.8, 4) is 0 Å². The number of amides is 1. The minimum Gasteiger partial charge on any atom is -0.444 e. The molecule has 4 heteroatoms. The lowest BCUT2D eigenvalue weighted by Gasteiger charge is -2.31. The van der Waals surface area contributed by atoms with Crippen LogP contribution >= 0.6 is 0 Å². The van der Waals surface area contributed by atoms with E-state index in [1.807, 2.05) is 31.7 Å². The van der Waals surface area contributed by atoms with Crippen LogP contribution < -0.4 is 0 Å². The molecule has 1 aliphatic heterocycles. The van der Waals surface area contributed by atoms with Gasteiger partial charge in [0.15, 0.2) is 0 Å². The molecule has 122 valence electrons. The highest BCUT2D eigenvalue weighted by Crippen LogP contribution is 2.17. The van der Waals surface area contributed by atoms with E-state index >= 15 is 0 Å². The Morgan fingerprint density at radius 2 is 1.91 bits per heavy atom. The Hall–Kier alpha value is -1.55. The van der Waals surface area contributed by atoms with Crippen molar-refractivity contribution < 1.29 is 9.53 Å². The van der Waals surface area contributed by atoms with Crippen LogP contribution in [0.5, 0.6) is 0 Å². The number of hydrogen-bond donors (Lipinski definition) is 0. The van der Waals surface area contributed by atoms with Gasteiger partial charge >= 0.3 is 6.09 Å². The molecule has 1 aromatic carbocycles. The van der Waals surface area contributed by atoms with Gasteiger partial charge in [0.2, 0.25) is 0 Å². The molecule has 1 aromatic rings. The van der Waals surface area contributed by atoms with Crippen molar-refractivity contribution in [2.24, 2.45) is 0 Å². The van der Waals surface area contributed by atoms with Crippen LogP contribution in [0.3, 0.4) is 0 Å². The average Bonchev–Trinajstić information content (AvgIpc) is 2.59. The molecule has 4 nitrogen and oxygen atoms in total. The molecule has 1 saturated heterocycles. The summed E-state index contributed by atoms with van der Waals surface area (Å²) in [6, 6.07) is 10.7. The lowest BCUT2D eigenvalue weighted by molar-refractivity contribution is 0.0179. The van der Waals surface area contributed by atoms with Crippen molar-refractivity contribution in [3.05, 3.63) is 35.9 Å². The number of carbonyl (C=O) groups is 1. The normalized spacial score (nSPS) is 20.5. The second kappa shape index (κ2) is 7.14. The molecule has 0 N–H and O–H groups in total. The molecular formula is C18H28N2O2. The predicted octanol–water partition coefficient (Wildman–Crippen LogP) is 3.52. The first-order valence-corrected chi connectivity index (χ1v) is 8.11. The highest BCUT2D eigenvalue weighted by molar-refractivity contribution is 5.68. The summed E-state index contributed by atoms with van der Waals surface area (Å²) in [4.78, 5) is 16.6. The third-order valence-corrected chi connectivity index (χ3v) is 3.80. The maximum absolute atomic E-state index is 12.3. The van der Waals surface area contributed by atoms with Crippen molar-refractivity contribution in [3.63, 3.8) is 0 Å². The van der Waals surface area contributed by atoms with Crippen molar-refractivity contribution >= 4 is 6.09 Å². The van der Waals surface area contributed by atoms with E-state index in [1.165, 1.54) is 5.56 Å². The van der Waals surface area contributed by atoms with Gasteiger partial charge in [-0.25, -0.2) is 4.79 Å². The van der Waals surface area contributed by atoms with Gasteiger partial charge in [-0.2, -0.15) is 0 Å². The minimum atomic E-state index is -0.438. The molecule has 1 amide bonds. The maximum atomic E-state index is 12.3. The number of ether oxygens (including phenoxy) is 1. The number of benzene rings is 1. The monoisotopic (exact) mass is 304 g/mol. The summed E-state index contributed by atoms with van der Waals surface area (Å²) < 4.78 is 5.53. The largest absolute Gasteiger partial charge is 0.444 e. The Labute approximate surface area is 134 Å². The van der Waals surface area contributed by atoms with E-state index in [0.717, 1.165) is 32.6 Å². The Bertz CT molecular complexity index is 482. The van der Waals surface area contributed by atoms with Crippen LogP contribution in [0.2, 0.25) is 0 Å². The molecule has 1 fully saturated rings. The second-order valence-corrected chi connectivity index (χ2v) is 7.10. The lowest BCUT2D eigenvalue weighted by Crippen LogP contribution is -2.44. The molecular weight excluding hydrogens is 276 g/mol. The molecule has 0 aromatic heterocycles. The van der Waals surface area contributed by atoms with E-state index in [9.17, 15) is 4.79 Å². The molecule has 0 bridgehead atoms. The number of rotatable bonds is 2. The van der Waals surface area contributed by atoms with Gasteiger partial charge in [-0.05, 0) is 39.7 Å². The highest BCUT2D eigenvalue weighted by atomic mass is 16.6. The van der Waals surface area contributed by atoms with Gasteiger partial charge in [-0.15, -0.1) is 0 Å². The van der Waals surface area contributed by atoms with Gasteiger partial charge < -0.3 is 9.64 Å². The molecule has 22 heavy (non-hydrogen) atoms. The Kier molecular flexibility index (Phi) is 5.46. The van der Waals surface area contributed by atoms with Gasteiger partial charge in [0.1, 0.15) is 5.60 Å². The van der Waals surface area contributed by atoms with E-state index in [1.54, 1.807) is 0 Å². The molecule has 0 saturated carbocycles. The van der Waals surface area contributed by atoms with Crippen LogP contribution in [0, 0.1) is 0 Å². The Morgan fingerprint density at radius 1 is 1.23 bits per heavy atom. The number of nitrogens with zero attached hydrogens (tertiary/aromatic N) is 2. The Morgan fingerprint density at radius 3 is 2.55 bits per heavy atom. The van der Waals surface area contributed by atoms with Crippen molar-refractivity contribution in [2.45, 2.75) is 52.3 Å². The summed E-state index contributed by atoms with van der Waals surface area (Å²) in [6.45, 7) is 11.4. The van der Waals surface area contributed by atoms with E-state index in [-0.39, 0.29) is 12.1 Å². The third kappa shape index (κ3) is 5.02. The topological polar surface area (TPSA) is 32.8 Å². The molecule has 0 spiro atoms. The minimum absolute atomic E-state index is 0.168. The summed E-state index contributed by atoms with van der Waals surface area (Å²) in [7, 11) is 0. The molecule has 1 aliphatic rings. The lowest BCUT2D eigenvalue weighted by atomic mass is 10.2. The maximum Gasteiger partial charge on any atom is 0.410 e. The fourth-order valence-corrected chi connectivity index (χ4v) is 2.83.